The van der Waals surface area contributed by atoms with Gasteiger partial charge in [0.05, 0.1) is 19.3 Å². The van der Waals surface area contributed by atoms with Crippen molar-refractivity contribution in [1.29, 1.82) is 0 Å². The van der Waals surface area contributed by atoms with Gasteiger partial charge in [-0.1, -0.05) is 30.3 Å². The summed E-state index contributed by atoms with van der Waals surface area (Å²) in [6.07, 6.45) is 1.59. The Morgan fingerprint density at radius 2 is 1.89 bits per heavy atom. The average molecular weight is 256 g/mol. The molecule has 0 saturated heterocycles. The van der Waals surface area contributed by atoms with Gasteiger partial charge in [-0.3, -0.25) is 4.79 Å². The number of carbonyl (C=O) groups excluding carboxylic acids is 1. The van der Waals surface area contributed by atoms with Crippen LogP contribution in [0.15, 0.2) is 48.5 Å². The standard InChI is InChI=1S/C16H16O3/c1-18-15-8-7-14(12-17)16(11-15)19-10-9-13-5-3-2-4-6-13/h2-8,11-12H,9-10H2,1H3. The molecule has 0 radical (unpaired) electrons. The summed E-state index contributed by atoms with van der Waals surface area (Å²) >= 11 is 0. The molecule has 0 amide bonds. The summed E-state index contributed by atoms with van der Waals surface area (Å²) in [5.74, 6) is 1.24. The SMILES string of the molecule is COc1ccc(C=O)c(OCCc2ccccc2)c1. The summed E-state index contributed by atoms with van der Waals surface area (Å²) in [6, 6.07) is 15.3. The molecule has 0 aliphatic rings. The molecule has 0 N–H and O–H groups in total. The lowest BCUT2D eigenvalue weighted by Crippen LogP contribution is -2.03. The van der Waals surface area contributed by atoms with Crippen LogP contribution in [0, 0.1) is 0 Å². The van der Waals surface area contributed by atoms with Gasteiger partial charge >= 0.3 is 0 Å². The molecule has 0 bridgehead atoms. The number of aldehydes is 1. The third-order valence-electron chi connectivity index (χ3n) is 2.84. The second-order valence-corrected chi connectivity index (χ2v) is 4.11. The zero-order valence-electron chi connectivity index (χ0n) is 10.8. The normalized spacial score (nSPS) is 9.95. The fourth-order valence-corrected chi connectivity index (χ4v) is 1.79. The van der Waals surface area contributed by atoms with Crippen LogP contribution >= 0.6 is 0 Å². The van der Waals surface area contributed by atoms with Crippen molar-refractivity contribution in [1.82, 2.24) is 0 Å². The van der Waals surface area contributed by atoms with E-state index >= 15 is 0 Å². The summed E-state index contributed by atoms with van der Waals surface area (Å²) in [5.41, 5.74) is 1.74. The molecule has 0 heterocycles. The van der Waals surface area contributed by atoms with E-state index in [1.54, 1.807) is 25.3 Å². The van der Waals surface area contributed by atoms with Crippen LogP contribution in [0.5, 0.6) is 11.5 Å². The maximum Gasteiger partial charge on any atom is 0.153 e. The highest BCUT2D eigenvalue weighted by atomic mass is 16.5. The van der Waals surface area contributed by atoms with Crippen LogP contribution in [0.25, 0.3) is 0 Å². The molecule has 0 aromatic heterocycles. The molecule has 3 nitrogen and oxygen atoms in total. The van der Waals surface area contributed by atoms with E-state index in [-0.39, 0.29) is 0 Å². The molecular formula is C16H16O3. The van der Waals surface area contributed by atoms with Crippen molar-refractivity contribution in [2.24, 2.45) is 0 Å². The molecule has 3 heteroatoms. The minimum Gasteiger partial charge on any atom is -0.497 e. The first kappa shape index (κ1) is 13.1. The predicted octanol–water partition coefficient (Wildman–Crippen LogP) is 3.13. The van der Waals surface area contributed by atoms with Gasteiger partial charge in [-0.25, -0.2) is 0 Å². The van der Waals surface area contributed by atoms with Crippen LogP contribution in [0.2, 0.25) is 0 Å². The molecule has 2 aromatic carbocycles. The van der Waals surface area contributed by atoms with E-state index < -0.39 is 0 Å². The molecule has 0 saturated carbocycles. The van der Waals surface area contributed by atoms with Crippen molar-refractivity contribution in [2.45, 2.75) is 6.42 Å². The van der Waals surface area contributed by atoms with Gasteiger partial charge in [-0.05, 0) is 17.7 Å². The van der Waals surface area contributed by atoms with Crippen molar-refractivity contribution in [3.8, 4) is 11.5 Å². The number of benzene rings is 2. The van der Waals surface area contributed by atoms with Gasteiger partial charge in [0, 0.05) is 12.5 Å². The maximum absolute atomic E-state index is 10.9. The van der Waals surface area contributed by atoms with Crippen LogP contribution in [-0.2, 0) is 6.42 Å². The molecule has 19 heavy (non-hydrogen) atoms. The lowest BCUT2D eigenvalue weighted by atomic mass is 10.1. The molecule has 0 atom stereocenters. The smallest absolute Gasteiger partial charge is 0.153 e. The van der Waals surface area contributed by atoms with E-state index in [9.17, 15) is 4.79 Å². The quantitative estimate of drug-likeness (QED) is 0.745. The molecule has 0 spiro atoms. The fourth-order valence-electron chi connectivity index (χ4n) is 1.79. The highest BCUT2D eigenvalue weighted by Crippen LogP contribution is 2.23. The van der Waals surface area contributed by atoms with E-state index in [0.717, 1.165) is 12.7 Å². The monoisotopic (exact) mass is 256 g/mol. The number of methoxy groups -OCH3 is 1. The Hall–Kier alpha value is -2.29. The van der Waals surface area contributed by atoms with Crippen LogP contribution in [0.4, 0.5) is 0 Å². The molecule has 0 unspecified atom stereocenters. The third-order valence-corrected chi connectivity index (χ3v) is 2.84. The van der Waals surface area contributed by atoms with Crippen molar-refractivity contribution in [2.75, 3.05) is 13.7 Å². The minimum absolute atomic E-state index is 0.526. The molecule has 0 fully saturated rings. The van der Waals surface area contributed by atoms with Crippen molar-refractivity contribution >= 4 is 6.29 Å². The maximum atomic E-state index is 10.9. The van der Waals surface area contributed by atoms with E-state index in [1.165, 1.54) is 5.56 Å². The lowest BCUT2D eigenvalue weighted by Gasteiger charge is -2.10. The number of hydrogen-bond donors (Lipinski definition) is 0. The first-order chi connectivity index (χ1) is 9.33. The van der Waals surface area contributed by atoms with Gasteiger partial charge in [0.1, 0.15) is 11.5 Å². The van der Waals surface area contributed by atoms with Crippen LogP contribution in [0.3, 0.4) is 0 Å². The number of hydrogen-bond acceptors (Lipinski definition) is 3. The van der Waals surface area contributed by atoms with Gasteiger partial charge < -0.3 is 9.47 Å². The van der Waals surface area contributed by atoms with Crippen molar-refractivity contribution < 1.29 is 14.3 Å². The van der Waals surface area contributed by atoms with Crippen LogP contribution in [-0.4, -0.2) is 20.0 Å². The van der Waals surface area contributed by atoms with E-state index in [1.807, 2.05) is 18.2 Å². The molecule has 0 aliphatic carbocycles. The summed E-state index contributed by atoms with van der Waals surface area (Å²) < 4.78 is 10.8. The summed E-state index contributed by atoms with van der Waals surface area (Å²) in [5, 5.41) is 0. The van der Waals surface area contributed by atoms with Gasteiger partial charge in [0.15, 0.2) is 6.29 Å². The topological polar surface area (TPSA) is 35.5 Å². The van der Waals surface area contributed by atoms with Gasteiger partial charge in [-0.15, -0.1) is 0 Å². The summed E-state index contributed by atoms with van der Waals surface area (Å²) in [6.45, 7) is 0.526. The number of carbonyl (C=O) groups is 1. The molecule has 2 rings (SSSR count). The molecule has 98 valence electrons. The van der Waals surface area contributed by atoms with Crippen molar-refractivity contribution in [3.63, 3.8) is 0 Å². The van der Waals surface area contributed by atoms with Gasteiger partial charge in [0.2, 0.25) is 0 Å². The molecule has 0 aliphatic heterocycles. The van der Waals surface area contributed by atoms with Crippen LogP contribution in [0.1, 0.15) is 15.9 Å². The van der Waals surface area contributed by atoms with Crippen molar-refractivity contribution in [3.05, 3.63) is 59.7 Å². The Morgan fingerprint density at radius 1 is 1.11 bits per heavy atom. The minimum atomic E-state index is 0.526. The Labute approximate surface area is 112 Å². The fraction of sp³-hybridized carbons (Fsp3) is 0.188. The second-order valence-electron chi connectivity index (χ2n) is 4.11. The zero-order chi connectivity index (χ0) is 13.5. The Morgan fingerprint density at radius 3 is 2.58 bits per heavy atom. The Bertz CT molecular complexity index is 535. The van der Waals surface area contributed by atoms with E-state index in [2.05, 4.69) is 12.1 Å². The number of ether oxygens (including phenoxy) is 2. The van der Waals surface area contributed by atoms with Gasteiger partial charge in [-0.2, -0.15) is 0 Å². The molecular weight excluding hydrogens is 240 g/mol. The Kier molecular flexibility index (Phi) is 4.56. The van der Waals surface area contributed by atoms with E-state index in [4.69, 9.17) is 9.47 Å². The largest absolute Gasteiger partial charge is 0.497 e. The predicted molar refractivity (Wildman–Crippen MR) is 74.0 cm³/mol. The van der Waals surface area contributed by atoms with E-state index in [0.29, 0.717) is 23.7 Å². The lowest BCUT2D eigenvalue weighted by molar-refractivity contribution is 0.111. The Balaban J connectivity index is 2.00. The zero-order valence-corrected chi connectivity index (χ0v) is 10.8. The summed E-state index contributed by atoms with van der Waals surface area (Å²) in [7, 11) is 1.59. The first-order valence-corrected chi connectivity index (χ1v) is 6.13. The highest BCUT2D eigenvalue weighted by Gasteiger charge is 2.05. The number of rotatable bonds is 6. The van der Waals surface area contributed by atoms with Crippen LogP contribution < -0.4 is 9.47 Å². The highest BCUT2D eigenvalue weighted by molar-refractivity contribution is 5.79. The molecule has 2 aromatic rings. The third kappa shape index (κ3) is 3.58. The first-order valence-electron chi connectivity index (χ1n) is 6.13. The average Bonchev–Trinajstić information content (AvgIpc) is 2.48. The van der Waals surface area contributed by atoms with Gasteiger partial charge in [0.25, 0.3) is 0 Å². The summed E-state index contributed by atoms with van der Waals surface area (Å²) in [4.78, 5) is 10.9. The second kappa shape index (κ2) is 6.59.